The molecule has 1 aliphatic rings. The van der Waals surface area contributed by atoms with E-state index in [1.54, 1.807) is 18.2 Å². The van der Waals surface area contributed by atoms with Crippen molar-refractivity contribution in [2.75, 3.05) is 19.1 Å². The second-order valence-corrected chi connectivity index (χ2v) is 5.85. The summed E-state index contributed by atoms with van der Waals surface area (Å²) in [7, 11) is 3.48. The van der Waals surface area contributed by atoms with Gasteiger partial charge in [-0.05, 0) is 29.8 Å². The molecule has 0 bridgehead atoms. The Kier molecular flexibility index (Phi) is 4.48. The zero-order chi connectivity index (χ0) is 18.0. The van der Waals surface area contributed by atoms with Gasteiger partial charge in [-0.15, -0.1) is 0 Å². The molecule has 1 unspecified atom stereocenters. The third-order valence-electron chi connectivity index (χ3n) is 4.31. The maximum Gasteiger partial charge on any atom is 0.249 e. The number of primary amides is 1. The maximum absolute atomic E-state index is 11.8. The van der Waals surface area contributed by atoms with Crippen LogP contribution in [-0.2, 0) is 4.79 Å². The molecule has 1 amide bonds. The standard InChI is InChI=1S/C20H20N2O3/c1-22-14(9-7-13-8-10-18(23)19(11-13)25-2)12-16(20(21)24)15-5-3-4-6-17(15)22/h3-12,14,23H,1-2H3,(H2,21,24)/b9-7+. The Balaban J connectivity index is 1.95. The number of carbonyl (C=O) groups excluding carboxylic acids is 1. The number of aromatic hydroxyl groups is 1. The summed E-state index contributed by atoms with van der Waals surface area (Å²) in [5.74, 6) is 0.0717. The number of anilines is 1. The molecule has 1 heterocycles. The van der Waals surface area contributed by atoms with Crippen LogP contribution in [0, 0.1) is 0 Å². The molecule has 25 heavy (non-hydrogen) atoms. The highest BCUT2D eigenvalue weighted by Crippen LogP contribution is 2.34. The van der Waals surface area contributed by atoms with Crippen molar-refractivity contribution in [2.24, 2.45) is 5.73 Å². The lowest BCUT2D eigenvalue weighted by Gasteiger charge is -2.32. The lowest BCUT2D eigenvalue weighted by Crippen LogP contribution is -2.33. The number of phenols is 1. The van der Waals surface area contributed by atoms with Crippen LogP contribution in [0.25, 0.3) is 11.6 Å². The number of hydrogen-bond donors (Lipinski definition) is 2. The van der Waals surface area contributed by atoms with Crippen LogP contribution in [0.2, 0.25) is 0 Å². The zero-order valence-corrected chi connectivity index (χ0v) is 14.1. The van der Waals surface area contributed by atoms with E-state index in [1.807, 2.05) is 49.5 Å². The fourth-order valence-corrected chi connectivity index (χ4v) is 2.95. The molecular formula is C20H20N2O3. The second-order valence-electron chi connectivity index (χ2n) is 5.85. The van der Waals surface area contributed by atoms with E-state index in [0.717, 1.165) is 16.8 Å². The first kappa shape index (κ1) is 16.6. The highest BCUT2D eigenvalue weighted by molar-refractivity contribution is 6.21. The summed E-state index contributed by atoms with van der Waals surface area (Å²) in [4.78, 5) is 13.9. The lowest BCUT2D eigenvalue weighted by atomic mass is 9.94. The predicted octanol–water partition coefficient (Wildman–Crippen LogP) is 2.80. The average molecular weight is 336 g/mol. The quantitative estimate of drug-likeness (QED) is 0.900. The number of phenolic OH excluding ortho intramolecular Hbond substituents is 1. The summed E-state index contributed by atoms with van der Waals surface area (Å²) in [6.07, 6.45) is 5.76. The molecule has 2 aromatic rings. The smallest absolute Gasteiger partial charge is 0.249 e. The Morgan fingerprint density at radius 3 is 2.76 bits per heavy atom. The minimum absolute atomic E-state index is 0.0965. The van der Waals surface area contributed by atoms with Crippen LogP contribution in [0.4, 0.5) is 5.69 Å². The molecule has 0 fully saturated rings. The third kappa shape index (κ3) is 3.21. The normalized spacial score (nSPS) is 16.5. The molecular weight excluding hydrogens is 316 g/mol. The molecule has 0 saturated heterocycles. The van der Waals surface area contributed by atoms with Gasteiger partial charge in [-0.3, -0.25) is 4.79 Å². The first-order chi connectivity index (χ1) is 12.0. The second kappa shape index (κ2) is 6.73. The Bertz CT molecular complexity index is 871. The molecule has 2 aromatic carbocycles. The van der Waals surface area contributed by atoms with Crippen molar-refractivity contribution in [3.05, 3.63) is 65.7 Å². The molecule has 3 N–H and O–H groups in total. The molecule has 0 spiro atoms. The number of fused-ring (bicyclic) bond motifs is 1. The summed E-state index contributed by atoms with van der Waals surface area (Å²) in [5.41, 5.74) is 8.76. The number of ether oxygens (including phenoxy) is 1. The topological polar surface area (TPSA) is 75.8 Å². The van der Waals surface area contributed by atoms with Gasteiger partial charge < -0.3 is 20.5 Å². The van der Waals surface area contributed by atoms with Gasteiger partial charge in [0.2, 0.25) is 5.91 Å². The Hall–Kier alpha value is -3.21. The number of rotatable bonds is 4. The van der Waals surface area contributed by atoms with Crippen molar-refractivity contribution in [2.45, 2.75) is 6.04 Å². The summed E-state index contributed by atoms with van der Waals surface area (Å²) in [6.45, 7) is 0. The van der Waals surface area contributed by atoms with Gasteiger partial charge in [-0.1, -0.05) is 36.4 Å². The monoisotopic (exact) mass is 336 g/mol. The average Bonchev–Trinajstić information content (AvgIpc) is 2.62. The summed E-state index contributed by atoms with van der Waals surface area (Å²) < 4.78 is 5.13. The van der Waals surface area contributed by atoms with Gasteiger partial charge in [0.15, 0.2) is 11.5 Å². The van der Waals surface area contributed by atoms with Gasteiger partial charge in [-0.25, -0.2) is 0 Å². The third-order valence-corrected chi connectivity index (χ3v) is 4.31. The van der Waals surface area contributed by atoms with Crippen molar-refractivity contribution in [3.63, 3.8) is 0 Å². The van der Waals surface area contributed by atoms with Crippen LogP contribution < -0.4 is 15.4 Å². The SMILES string of the molecule is COc1cc(/C=C/C2C=C(C(N)=O)c3ccccc3N2C)ccc1O. The largest absolute Gasteiger partial charge is 0.504 e. The molecule has 5 nitrogen and oxygen atoms in total. The molecule has 0 aromatic heterocycles. The van der Waals surface area contributed by atoms with E-state index in [2.05, 4.69) is 4.90 Å². The van der Waals surface area contributed by atoms with E-state index in [-0.39, 0.29) is 11.8 Å². The molecule has 3 rings (SSSR count). The van der Waals surface area contributed by atoms with E-state index >= 15 is 0 Å². The fourth-order valence-electron chi connectivity index (χ4n) is 2.95. The molecule has 128 valence electrons. The number of benzene rings is 2. The number of nitrogens with zero attached hydrogens (tertiary/aromatic N) is 1. The van der Waals surface area contributed by atoms with E-state index in [0.29, 0.717) is 11.3 Å². The van der Waals surface area contributed by atoms with Crippen molar-refractivity contribution in [1.82, 2.24) is 0 Å². The first-order valence-corrected chi connectivity index (χ1v) is 7.90. The van der Waals surface area contributed by atoms with Crippen LogP contribution >= 0.6 is 0 Å². The zero-order valence-electron chi connectivity index (χ0n) is 14.1. The van der Waals surface area contributed by atoms with Crippen LogP contribution in [0.15, 0.2) is 54.6 Å². The summed E-state index contributed by atoms with van der Waals surface area (Å²) in [6, 6.07) is 12.7. The van der Waals surface area contributed by atoms with Crippen LogP contribution in [0.1, 0.15) is 11.1 Å². The van der Waals surface area contributed by atoms with Crippen molar-refractivity contribution >= 4 is 23.2 Å². The number of methoxy groups -OCH3 is 1. The lowest BCUT2D eigenvalue weighted by molar-refractivity contribution is -0.112. The Morgan fingerprint density at radius 2 is 2.04 bits per heavy atom. The highest BCUT2D eigenvalue weighted by Gasteiger charge is 2.24. The van der Waals surface area contributed by atoms with Crippen LogP contribution in [0.3, 0.4) is 0 Å². The van der Waals surface area contributed by atoms with Gasteiger partial charge in [0, 0.05) is 23.9 Å². The summed E-state index contributed by atoms with van der Waals surface area (Å²) >= 11 is 0. The van der Waals surface area contributed by atoms with Gasteiger partial charge in [0.05, 0.1) is 13.2 Å². The number of nitrogens with two attached hydrogens (primary N) is 1. The molecule has 1 atom stereocenters. The minimum Gasteiger partial charge on any atom is -0.504 e. The van der Waals surface area contributed by atoms with Crippen LogP contribution in [-0.4, -0.2) is 31.2 Å². The van der Waals surface area contributed by atoms with Gasteiger partial charge in [0.1, 0.15) is 0 Å². The maximum atomic E-state index is 11.8. The number of likely N-dealkylation sites (N-methyl/N-ethyl adjacent to an activating group) is 1. The predicted molar refractivity (Wildman–Crippen MR) is 99.5 cm³/mol. The molecule has 5 heteroatoms. The van der Waals surface area contributed by atoms with Crippen LogP contribution in [0.5, 0.6) is 11.5 Å². The number of carbonyl (C=O) groups is 1. The van der Waals surface area contributed by atoms with Gasteiger partial charge in [-0.2, -0.15) is 0 Å². The van der Waals surface area contributed by atoms with Gasteiger partial charge >= 0.3 is 0 Å². The minimum atomic E-state index is -0.440. The van der Waals surface area contributed by atoms with E-state index in [9.17, 15) is 9.90 Å². The number of hydrogen-bond acceptors (Lipinski definition) is 4. The van der Waals surface area contributed by atoms with Crippen molar-refractivity contribution in [1.29, 1.82) is 0 Å². The number of amides is 1. The van der Waals surface area contributed by atoms with E-state index in [1.165, 1.54) is 7.11 Å². The van der Waals surface area contributed by atoms with Crippen molar-refractivity contribution in [3.8, 4) is 11.5 Å². The first-order valence-electron chi connectivity index (χ1n) is 7.90. The molecule has 0 saturated carbocycles. The van der Waals surface area contributed by atoms with Gasteiger partial charge in [0.25, 0.3) is 0 Å². The number of para-hydroxylation sites is 1. The molecule has 0 radical (unpaired) electrons. The van der Waals surface area contributed by atoms with E-state index in [4.69, 9.17) is 10.5 Å². The molecule has 1 aliphatic heterocycles. The fraction of sp³-hybridized carbons (Fsp3) is 0.150. The van der Waals surface area contributed by atoms with E-state index < -0.39 is 5.91 Å². The Morgan fingerprint density at radius 1 is 1.28 bits per heavy atom. The summed E-state index contributed by atoms with van der Waals surface area (Å²) in [5, 5.41) is 9.68. The highest BCUT2D eigenvalue weighted by atomic mass is 16.5. The van der Waals surface area contributed by atoms with Crippen molar-refractivity contribution < 1.29 is 14.6 Å². The Labute approximate surface area is 146 Å². The molecule has 0 aliphatic carbocycles.